The van der Waals surface area contributed by atoms with Crippen molar-refractivity contribution in [2.45, 2.75) is 70.6 Å². The fourth-order valence-corrected chi connectivity index (χ4v) is 8.26. The summed E-state index contributed by atoms with van der Waals surface area (Å²) in [4.78, 5) is 32.1. The Kier molecular flexibility index (Phi) is 10.9. The average molecular weight is 649 g/mol. The number of piperidine rings is 1. The molecule has 2 saturated heterocycles. The lowest BCUT2D eigenvalue weighted by Gasteiger charge is -2.37. The minimum Gasteiger partial charge on any atom is -0.507 e. The third kappa shape index (κ3) is 7.19. The van der Waals surface area contributed by atoms with Gasteiger partial charge in [0, 0.05) is 37.2 Å². The van der Waals surface area contributed by atoms with Gasteiger partial charge in [-0.25, -0.2) is 0 Å². The summed E-state index contributed by atoms with van der Waals surface area (Å²) in [6.07, 6.45) is 5.48. The summed E-state index contributed by atoms with van der Waals surface area (Å²) in [5.74, 6) is -1.84. The molecule has 7 heteroatoms. The van der Waals surface area contributed by atoms with Gasteiger partial charge in [0.25, 0.3) is 0 Å². The number of aliphatic hydroxyl groups is 2. The molecule has 0 saturated carbocycles. The van der Waals surface area contributed by atoms with Crippen LogP contribution in [-0.4, -0.2) is 68.8 Å². The Balaban J connectivity index is 1.20. The second-order valence-corrected chi connectivity index (χ2v) is 13.6. The first-order valence-corrected chi connectivity index (χ1v) is 17.6. The van der Waals surface area contributed by atoms with Crippen molar-refractivity contribution in [1.29, 1.82) is 0 Å². The number of nitrogens with zero attached hydrogens (tertiary/aromatic N) is 2. The summed E-state index contributed by atoms with van der Waals surface area (Å²) < 4.78 is 0. The van der Waals surface area contributed by atoms with Gasteiger partial charge in [-0.1, -0.05) is 97.8 Å². The van der Waals surface area contributed by atoms with E-state index in [1.165, 1.54) is 5.56 Å². The number of carbonyl (C=O) groups is 2. The average Bonchev–Trinajstić information content (AvgIpc) is 3.36. The molecule has 48 heavy (non-hydrogen) atoms. The van der Waals surface area contributed by atoms with Crippen molar-refractivity contribution in [2.24, 2.45) is 17.8 Å². The maximum absolute atomic E-state index is 14.2. The van der Waals surface area contributed by atoms with Crippen molar-refractivity contribution in [3.8, 4) is 5.75 Å². The molecule has 0 bridgehead atoms. The third-order valence-electron chi connectivity index (χ3n) is 10.6. The van der Waals surface area contributed by atoms with E-state index in [9.17, 15) is 24.9 Å². The van der Waals surface area contributed by atoms with E-state index in [-0.39, 0.29) is 30.2 Å². The van der Waals surface area contributed by atoms with Crippen LogP contribution in [-0.2, 0) is 16.1 Å². The fraction of sp³-hybridized carbons (Fsp3) is 0.415. The highest BCUT2D eigenvalue weighted by atomic mass is 16.3. The maximum atomic E-state index is 14.2. The van der Waals surface area contributed by atoms with Crippen LogP contribution >= 0.6 is 0 Å². The molecule has 2 aliphatic heterocycles. The number of phenolic OH excluding ortho intramolecular Hbond substituents is 1. The van der Waals surface area contributed by atoms with E-state index in [0.717, 1.165) is 61.2 Å². The van der Waals surface area contributed by atoms with Crippen LogP contribution in [0.3, 0.4) is 0 Å². The van der Waals surface area contributed by atoms with Crippen LogP contribution in [0.1, 0.15) is 68.6 Å². The summed E-state index contributed by atoms with van der Waals surface area (Å²) in [5, 5.41) is 33.2. The maximum Gasteiger partial charge on any atom is 0.234 e. The predicted molar refractivity (Wildman–Crippen MR) is 188 cm³/mol. The molecule has 3 aromatic rings. The van der Waals surface area contributed by atoms with Crippen molar-refractivity contribution in [3.05, 3.63) is 113 Å². The Bertz CT molecular complexity index is 1630. The number of rotatable bonds is 12. The lowest BCUT2D eigenvalue weighted by molar-refractivity contribution is -0.144. The first-order valence-electron chi connectivity index (χ1n) is 17.6. The third-order valence-corrected chi connectivity index (χ3v) is 10.6. The number of likely N-dealkylation sites (tertiary alicyclic amines) is 2. The number of phenols is 1. The molecule has 0 aromatic heterocycles. The normalized spacial score (nSPS) is 23.1. The van der Waals surface area contributed by atoms with Gasteiger partial charge in [-0.05, 0) is 72.9 Å². The van der Waals surface area contributed by atoms with Crippen LogP contribution < -0.4 is 0 Å². The second kappa shape index (κ2) is 15.5. The van der Waals surface area contributed by atoms with Crippen LogP contribution in [0, 0.1) is 17.8 Å². The van der Waals surface area contributed by atoms with E-state index >= 15 is 0 Å². The molecule has 3 aromatic carbocycles. The van der Waals surface area contributed by atoms with Gasteiger partial charge in [0.05, 0.1) is 24.5 Å². The van der Waals surface area contributed by atoms with Gasteiger partial charge in [0.1, 0.15) is 5.75 Å². The van der Waals surface area contributed by atoms with Crippen molar-refractivity contribution in [3.63, 3.8) is 0 Å². The number of fused-ring (bicyclic) bond motifs is 1. The largest absolute Gasteiger partial charge is 0.507 e. The van der Waals surface area contributed by atoms with Gasteiger partial charge in [0.15, 0.2) is 0 Å². The van der Waals surface area contributed by atoms with E-state index in [1.54, 1.807) is 17.0 Å². The summed E-state index contributed by atoms with van der Waals surface area (Å²) in [7, 11) is 0. The zero-order valence-corrected chi connectivity index (χ0v) is 27.9. The van der Waals surface area contributed by atoms with Crippen molar-refractivity contribution in [1.82, 2.24) is 9.80 Å². The second-order valence-electron chi connectivity index (χ2n) is 13.6. The zero-order valence-electron chi connectivity index (χ0n) is 27.9. The number of carbonyl (C=O) groups excluding carboxylic acids is 2. The van der Waals surface area contributed by atoms with Crippen molar-refractivity contribution in [2.75, 3.05) is 19.7 Å². The summed E-state index contributed by atoms with van der Waals surface area (Å²) in [6.45, 7) is 4.28. The number of aliphatic hydroxyl groups excluding tert-OH is 2. The van der Waals surface area contributed by atoms with Crippen LogP contribution in [0.25, 0.3) is 11.6 Å². The van der Waals surface area contributed by atoms with Crippen LogP contribution in [0.5, 0.6) is 5.75 Å². The lowest BCUT2D eigenvalue weighted by Crippen LogP contribution is -2.47. The first kappa shape index (κ1) is 33.8. The molecule has 0 unspecified atom stereocenters. The number of benzene rings is 3. The predicted octanol–water partition coefficient (Wildman–Crippen LogP) is 6.45. The number of hydrogen-bond donors (Lipinski definition) is 3. The van der Waals surface area contributed by atoms with E-state index < -0.39 is 23.9 Å². The Morgan fingerprint density at radius 2 is 1.58 bits per heavy atom. The molecular weight excluding hydrogens is 600 g/mol. The Morgan fingerprint density at radius 1 is 0.917 bits per heavy atom. The fourth-order valence-electron chi connectivity index (χ4n) is 8.26. The van der Waals surface area contributed by atoms with Gasteiger partial charge in [0.2, 0.25) is 11.8 Å². The molecule has 2 heterocycles. The highest BCUT2D eigenvalue weighted by Gasteiger charge is 2.56. The van der Waals surface area contributed by atoms with Gasteiger partial charge in [-0.3, -0.25) is 19.4 Å². The molecule has 3 N–H and O–H groups in total. The van der Waals surface area contributed by atoms with Crippen LogP contribution in [0.2, 0.25) is 0 Å². The smallest absolute Gasteiger partial charge is 0.234 e. The molecule has 1 aliphatic carbocycles. The SMILES string of the molecule is CCCC1=C([C@H](O)CC/C(=C/c2ccccc2O)c2ccccc2)[C@H](CO)[C@@H]2C(=O)N(C3CCN(Cc4ccccc4)CC3)C(=O)[C@@H]2C1. The lowest BCUT2D eigenvalue weighted by atomic mass is 9.67. The Labute approximate surface area is 284 Å². The van der Waals surface area contributed by atoms with Crippen molar-refractivity contribution >= 4 is 23.5 Å². The number of para-hydroxylation sites is 1. The number of allylic oxidation sites excluding steroid dienone is 2. The van der Waals surface area contributed by atoms with Crippen LogP contribution in [0.15, 0.2) is 96.1 Å². The topological polar surface area (TPSA) is 101 Å². The number of aromatic hydroxyl groups is 1. The minimum atomic E-state index is -0.876. The Morgan fingerprint density at radius 3 is 2.25 bits per heavy atom. The summed E-state index contributed by atoms with van der Waals surface area (Å²) in [5.41, 5.74) is 5.69. The van der Waals surface area contributed by atoms with E-state index in [1.807, 2.05) is 66.7 Å². The minimum absolute atomic E-state index is 0.107. The quantitative estimate of drug-likeness (QED) is 0.119. The number of hydrogen-bond acceptors (Lipinski definition) is 6. The molecule has 7 nitrogen and oxygen atoms in total. The first-order chi connectivity index (χ1) is 23.4. The van der Waals surface area contributed by atoms with Gasteiger partial charge in [-0.2, -0.15) is 0 Å². The molecule has 0 radical (unpaired) electrons. The highest BCUT2D eigenvalue weighted by molar-refractivity contribution is 6.06. The monoisotopic (exact) mass is 648 g/mol. The number of amides is 2. The molecule has 252 valence electrons. The van der Waals surface area contributed by atoms with Crippen LogP contribution in [0.4, 0.5) is 0 Å². The van der Waals surface area contributed by atoms with Gasteiger partial charge >= 0.3 is 0 Å². The summed E-state index contributed by atoms with van der Waals surface area (Å²) in [6, 6.07) is 27.3. The molecule has 2 fully saturated rings. The molecular formula is C41H48N2O5. The van der Waals surface area contributed by atoms with Gasteiger partial charge in [-0.15, -0.1) is 0 Å². The van der Waals surface area contributed by atoms with E-state index in [2.05, 4.69) is 24.0 Å². The molecule has 0 spiro atoms. The van der Waals surface area contributed by atoms with Gasteiger partial charge < -0.3 is 15.3 Å². The van der Waals surface area contributed by atoms with Crippen molar-refractivity contribution < 1.29 is 24.9 Å². The zero-order chi connectivity index (χ0) is 33.6. The Hall–Kier alpha value is -4.04. The standard InChI is InChI=1S/C41H48N2O5/c1-2-11-32-25-34-39(41(48)43(40(34)47)33-20-22-42(23-21-33)26-28-12-5-3-6-13-28)35(27-44)38(32)37(46)19-18-30(29-14-7-4-8-15-29)24-31-16-9-10-17-36(31)45/h3-10,12-17,24,33-35,37,39,44-46H,2,11,18-23,25-27H2,1H3/b30-24-/t34-,35+,37-,39-/m1/s1. The van der Waals surface area contributed by atoms with E-state index in [4.69, 9.17) is 0 Å². The molecule has 6 rings (SSSR count). The highest BCUT2D eigenvalue weighted by Crippen LogP contribution is 2.48. The molecule has 4 atom stereocenters. The van der Waals surface area contributed by atoms with E-state index in [0.29, 0.717) is 31.2 Å². The molecule has 3 aliphatic rings. The number of imide groups is 1. The summed E-state index contributed by atoms with van der Waals surface area (Å²) >= 11 is 0. The molecule has 2 amide bonds.